The molecule has 0 amide bonds. The Morgan fingerprint density at radius 2 is 1.60 bits per heavy atom. The van der Waals surface area contributed by atoms with Crippen LogP contribution in [0.3, 0.4) is 0 Å². The van der Waals surface area contributed by atoms with Gasteiger partial charge in [-0.3, -0.25) is 0 Å². The maximum atomic E-state index is 12.9. The molecular weight excluding hydrogens is 333 g/mol. The molecule has 2 aromatic rings. The number of benzene rings is 2. The average Bonchev–Trinajstić information content (AvgIpc) is 2.73. The Labute approximate surface area is 143 Å². The summed E-state index contributed by atoms with van der Waals surface area (Å²) in [6, 6.07) is 13.1. The van der Waals surface area contributed by atoms with Crippen LogP contribution in [0.1, 0.15) is 36.7 Å². The van der Waals surface area contributed by atoms with Gasteiger partial charge < -0.3 is 10.4 Å². The summed E-state index contributed by atoms with van der Waals surface area (Å²) >= 11 is 0. The van der Waals surface area contributed by atoms with Gasteiger partial charge in [0.25, 0.3) is 6.17 Å². The molecule has 0 aromatic heterocycles. The number of hydroxylamine groups is 3. The predicted octanol–water partition coefficient (Wildman–Crippen LogP) is 4.19. The van der Waals surface area contributed by atoms with Gasteiger partial charge in [0.05, 0.1) is 5.56 Å². The maximum absolute atomic E-state index is 12.9. The van der Waals surface area contributed by atoms with Gasteiger partial charge in [0.2, 0.25) is 5.71 Å². The Kier molecular flexibility index (Phi) is 4.09. The van der Waals surface area contributed by atoms with Crippen LogP contribution in [0.15, 0.2) is 54.6 Å². The zero-order valence-electron chi connectivity index (χ0n) is 13.7. The van der Waals surface area contributed by atoms with Crippen molar-refractivity contribution in [1.82, 2.24) is 5.06 Å². The third-order valence-electron chi connectivity index (χ3n) is 4.41. The normalized spacial score (nSPS) is 21.0. The molecule has 1 aliphatic heterocycles. The number of halogens is 3. The highest BCUT2D eigenvalue weighted by Crippen LogP contribution is 2.38. The smallest absolute Gasteiger partial charge is 0.416 e. The van der Waals surface area contributed by atoms with E-state index < -0.39 is 23.4 Å². The molecule has 7 heteroatoms. The molecule has 25 heavy (non-hydrogen) atoms. The largest absolute Gasteiger partial charge is 0.622 e. The minimum Gasteiger partial charge on any atom is -0.622 e. The summed E-state index contributed by atoms with van der Waals surface area (Å²) in [5, 5.41) is 24.3. The molecule has 3 rings (SSSR count). The van der Waals surface area contributed by atoms with Gasteiger partial charge in [0.1, 0.15) is 5.54 Å². The van der Waals surface area contributed by atoms with Crippen molar-refractivity contribution in [2.75, 3.05) is 0 Å². The van der Waals surface area contributed by atoms with E-state index in [1.54, 1.807) is 38.1 Å². The first-order chi connectivity index (χ1) is 11.6. The zero-order chi connectivity index (χ0) is 18.4. The fraction of sp³-hybridized carbons (Fsp3) is 0.278. The van der Waals surface area contributed by atoms with E-state index in [4.69, 9.17) is 0 Å². The first-order valence-corrected chi connectivity index (χ1v) is 7.68. The van der Waals surface area contributed by atoms with Gasteiger partial charge in [0.15, 0.2) is 0 Å². The molecule has 0 bridgehead atoms. The lowest BCUT2D eigenvalue weighted by Gasteiger charge is -2.25. The molecule has 0 radical (unpaired) electrons. The van der Waals surface area contributed by atoms with Gasteiger partial charge in [-0.1, -0.05) is 30.3 Å². The van der Waals surface area contributed by atoms with Gasteiger partial charge in [-0.15, -0.1) is 5.06 Å². The molecule has 0 saturated carbocycles. The highest BCUT2D eigenvalue weighted by Gasteiger charge is 2.52. The van der Waals surface area contributed by atoms with Crippen LogP contribution in [0.2, 0.25) is 0 Å². The molecule has 4 nitrogen and oxygen atoms in total. The van der Waals surface area contributed by atoms with Gasteiger partial charge >= 0.3 is 6.18 Å². The fourth-order valence-electron chi connectivity index (χ4n) is 3.10. The molecule has 0 unspecified atom stereocenters. The van der Waals surface area contributed by atoms with Crippen LogP contribution in [0.25, 0.3) is 0 Å². The van der Waals surface area contributed by atoms with Gasteiger partial charge in [-0.05, 0) is 38.1 Å². The second-order valence-corrected chi connectivity index (χ2v) is 6.44. The van der Waals surface area contributed by atoms with Crippen molar-refractivity contribution in [2.45, 2.75) is 31.7 Å². The highest BCUT2D eigenvalue weighted by molar-refractivity contribution is 6.04. The molecule has 2 aromatic carbocycles. The van der Waals surface area contributed by atoms with E-state index in [1.807, 2.05) is 6.07 Å². The third kappa shape index (κ3) is 2.89. The first-order valence-electron chi connectivity index (χ1n) is 7.68. The minimum atomic E-state index is -4.45. The summed E-state index contributed by atoms with van der Waals surface area (Å²) in [7, 11) is 0. The monoisotopic (exact) mass is 350 g/mol. The van der Waals surface area contributed by atoms with Crippen molar-refractivity contribution in [3.63, 3.8) is 0 Å². The predicted molar refractivity (Wildman–Crippen MR) is 86.1 cm³/mol. The minimum absolute atomic E-state index is 0.282. The van der Waals surface area contributed by atoms with Crippen molar-refractivity contribution in [2.24, 2.45) is 0 Å². The van der Waals surface area contributed by atoms with Gasteiger partial charge in [0, 0.05) is 11.1 Å². The van der Waals surface area contributed by atoms with E-state index in [0.29, 0.717) is 16.0 Å². The molecule has 1 aliphatic rings. The number of rotatable bonds is 2. The zero-order valence-corrected chi connectivity index (χ0v) is 13.7. The second kappa shape index (κ2) is 5.86. The van der Waals surface area contributed by atoms with E-state index in [-0.39, 0.29) is 5.56 Å². The summed E-state index contributed by atoms with van der Waals surface area (Å²) in [5.41, 5.74) is -0.528. The summed E-state index contributed by atoms with van der Waals surface area (Å²) in [5.74, 6) is 0. The Balaban J connectivity index is 2.06. The van der Waals surface area contributed by atoms with E-state index >= 15 is 0 Å². The number of hydrogen-bond donors (Lipinski definition) is 1. The quantitative estimate of drug-likeness (QED) is 0.653. The highest BCUT2D eigenvalue weighted by atomic mass is 19.4. The van der Waals surface area contributed by atoms with Crippen molar-refractivity contribution in [3.05, 3.63) is 76.5 Å². The second-order valence-electron chi connectivity index (χ2n) is 6.44. The van der Waals surface area contributed by atoms with Crippen molar-refractivity contribution in [1.29, 1.82) is 0 Å². The van der Waals surface area contributed by atoms with Crippen LogP contribution in [0.5, 0.6) is 0 Å². The Bertz CT molecular complexity index is 799. The van der Waals surface area contributed by atoms with E-state index in [0.717, 1.165) is 17.2 Å². The van der Waals surface area contributed by atoms with Crippen LogP contribution >= 0.6 is 0 Å². The van der Waals surface area contributed by atoms with Crippen LogP contribution in [0.4, 0.5) is 13.2 Å². The molecular formula is C18H17F3N2O2. The summed E-state index contributed by atoms with van der Waals surface area (Å²) < 4.78 is 38.8. The van der Waals surface area contributed by atoms with Crippen molar-refractivity contribution >= 4 is 5.71 Å². The van der Waals surface area contributed by atoms with E-state index in [9.17, 15) is 23.6 Å². The van der Waals surface area contributed by atoms with Gasteiger partial charge in [-0.25, -0.2) is 0 Å². The third-order valence-corrected chi connectivity index (χ3v) is 4.41. The van der Waals surface area contributed by atoms with E-state index in [1.165, 1.54) is 12.1 Å². The molecule has 1 heterocycles. The van der Waals surface area contributed by atoms with Crippen molar-refractivity contribution < 1.29 is 23.1 Å². The lowest BCUT2D eigenvalue weighted by Crippen LogP contribution is -2.44. The summed E-state index contributed by atoms with van der Waals surface area (Å²) in [4.78, 5) is 0. The molecule has 0 spiro atoms. The first kappa shape index (κ1) is 17.4. The molecule has 132 valence electrons. The van der Waals surface area contributed by atoms with Crippen LogP contribution < -0.4 is 0 Å². The fourth-order valence-corrected chi connectivity index (χ4v) is 3.10. The topological polar surface area (TPSA) is 49.5 Å². The lowest BCUT2D eigenvalue weighted by molar-refractivity contribution is -0.544. The van der Waals surface area contributed by atoms with Crippen LogP contribution in [-0.2, 0) is 6.18 Å². The van der Waals surface area contributed by atoms with Crippen LogP contribution in [0, 0.1) is 5.21 Å². The summed E-state index contributed by atoms with van der Waals surface area (Å²) in [6.07, 6.45) is -5.57. The number of hydrogen-bond acceptors (Lipinski definition) is 3. The number of nitrogens with zero attached hydrogens (tertiary/aromatic N) is 2. The Morgan fingerprint density at radius 1 is 1.04 bits per heavy atom. The van der Waals surface area contributed by atoms with Gasteiger partial charge in [-0.2, -0.15) is 17.9 Å². The maximum Gasteiger partial charge on any atom is 0.416 e. The SMILES string of the molecule is CC1(C)C(c2ccccc2)=[N+]([O-])[C@H](c2ccc(C(F)(F)F)cc2)N1O. The summed E-state index contributed by atoms with van der Waals surface area (Å²) in [6.45, 7) is 3.37. The Hall–Kier alpha value is -2.38. The molecule has 0 aliphatic carbocycles. The lowest BCUT2D eigenvalue weighted by atomic mass is 9.93. The number of alkyl halides is 3. The van der Waals surface area contributed by atoms with Crippen LogP contribution in [-0.4, -0.2) is 26.3 Å². The Morgan fingerprint density at radius 3 is 2.12 bits per heavy atom. The van der Waals surface area contributed by atoms with Crippen molar-refractivity contribution in [3.8, 4) is 0 Å². The molecule has 1 atom stereocenters. The van der Waals surface area contributed by atoms with E-state index in [2.05, 4.69) is 0 Å². The standard InChI is InChI=1S/C18H17F3N2O2/c1-17(2)15(12-6-4-3-5-7-12)22(24)16(23(17)25)13-8-10-14(11-9-13)18(19,20)21/h3-11,16,25H,1-2H3/t16-/m0/s1. The average molecular weight is 350 g/mol. The molecule has 0 fully saturated rings. The molecule has 0 saturated heterocycles. The molecule has 1 N–H and O–H groups in total.